The normalized spacial score (nSPS) is 9.33. The van der Waals surface area contributed by atoms with Gasteiger partial charge in [0.25, 0.3) is 0 Å². The van der Waals surface area contributed by atoms with Gasteiger partial charge in [-0.2, -0.15) is 0 Å². The molecule has 0 aliphatic carbocycles. The lowest BCUT2D eigenvalue weighted by Crippen LogP contribution is -1.98. The van der Waals surface area contributed by atoms with Crippen LogP contribution in [0.25, 0.3) is 0 Å². The van der Waals surface area contributed by atoms with Crippen molar-refractivity contribution < 1.29 is 4.42 Å². The number of benzene rings is 1. The van der Waals surface area contributed by atoms with Crippen LogP contribution in [0.4, 0.5) is 11.4 Å². The van der Waals surface area contributed by atoms with Gasteiger partial charge in [0.15, 0.2) is 0 Å². The number of halogens is 1. The second kappa shape index (κ2) is 5.32. The van der Waals surface area contributed by atoms with Crippen LogP contribution < -0.4 is 11.1 Å². The molecule has 0 amide bonds. The lowest BCUT2D eigenvalue weighted by atomic mass is 10.2. The molecule has 0 spiro atoms. The molecule has 0 bridgehead atoms. The molecule has 1 aromatic heterocycles. The van der Waals surface area contributed by atoms with Crippen molar-refractivity contribution >= 4 is 23.8 Å². The zero-order chi connectivity index (χ0) is 9.80. The number of nitrogen functional groups attached to an aromatic ring is 1. The summed E-state index contributed by atoms with van der Waals surface area (Å²) in [6.45, 7) is 0.750. The molecular weight excluding hydrogens is 212 g/mol. The van der Waals surface area contributed by atoms with Gasteiger partial charge < -0.3 is 15.5 Å². The summed E-state index contributed by atoms with van der Waals surface area (Å²) in [5, 5.41) is 3.25. The van der Waals surface area contributed by atoms with Crippen LogP contribution in [0.1, 0.15) is 5.56 Å². The molecule has 0 saturated heterocycles. The second-order valence-electron chi connectivity index (χ2n) is 3.11. The van der Waals surface area contributed by atoms with Gasteiger partial charge in [-0.3, -0.25) is 0 Å². The molecule has 3 nitrogen and oxygen atoms in total. The van der Waals surface area contributed by atoms with E-state index in [-0.39, 0.29) is 12.4 Å². The summed E-state index contributed by atoms with van der Waals surface area (Å²) in [5.74, 6) is 0. The molecule has 2 rings (SSSR count). The maximum absolute atomic E-state index is 5.65. The van der Waals surface area contributed by atoms with E-state index in [1.165, 1.54) is 0 Å². The molecule has 1 aromatic carbocycles. The molecular formula is C11H13ClN2O. The quantitative estimate of drug-likeness (QED) is 0.789. The highest BCUT2D eigenvalue weighted by molar-refractivity contribution is 5.85. The zero-order valence-electron chi connectivity index (χ0n) is 8.14. The van der Waals surface area contributed by atoms with Crippen LogP contribution in [0.3, 0.4) is 0 Å². The minimum atomic E-state index is 0. The van der Waals surface area contributed by atoms with Crippen LogP contribution in [-0.2, 0) is 6.54 Å². The van der Waals surface area contributed by atoms with Crippen LogP contribution >= 0.6 is 12.4 Å². The summed E-state index contributed by atoms with van der Waals surface area (Å²) in [4.78, 5) is 0. The summed E-state index contributed by atoms with van der Waals surface area (Å²) in [6, 6.07) is 9.60. The third-order valence-corrected chi connectivity index (χ3v) is 1.96. The third-order valence-electron chi connectivity index (χ3n) is 1.96. The summed E-state index contributed by atoms with van der Waals surface area (Å²) in [6.07, 6.45) is 3.38. The van der Waals surface area contributed by atoms with Crippen molar-refractivity contribution in [3.05, 3.63) is 48.4 Å². The molecule has 0 radical (unpaired) electrons. The van der Waals surface area contributed by atoms with Gasteiger partial charge >= 0.3 is 0 Å². The van der Waals surface area contributed by atoms with Gasteiger partial charge in [0, 0.05) is 23.5 Å². The first kappa shape index (κ1) is 11.5. The molecule has 4 heteroatoms. The minimum absolute atomic E-state index is 0. The Labute approximate surface area is 94.7 Å². The number of nitrogens with two attached hydrogens (primary N) is 1. The largest absolute Gasteiger partial charge is 0.472 e. The first-order valence-corrected chi connectivity index (χ1v) is 4.45. The predicted octanol–water partition coefficient (Wildman–Crippen LogP) is 2.90. The van der Waals surface area contributed by atoms with Crippen molar-refractivity contribution in [2.24, 2.45) is 0 Å². The van der Waals surface area contributed by atoms with Gasteiger partial charge in [0.2, 0.25) is 0 Å². The Bertz CT molecular complexity index is 401. The monoisotopic (exact) mass is 224 g/mol. The molecule has 0 saturated carbocycles. The summed E-state index contributed by atoms with van der Waals surface area (Å²) < 4.78 is 4.96. The van der Waals surface area contributed by atoms with Crippen LogP contribution in [-0.4, -0.2) is 0 Å². The smallest absolute Gasteiger partial charge is 0.0952 e. The van der Waals surface area contributed by atoms with Crippen LogP contribution in [0.5, 0.6) is 0 Å². The van der Waals surface area contributed by atoms with E-state index in [1.807, 2.05) is 30.3 Å². The standard InChI is InChI=1S/C11H12N2O.ClH/c12-10-2-1-3-11(6-10)13-7-9-4-5-14-8-9;/h1-6,8,13H,7,12H2;1H. The molecule has 0 aliphatic rings. The van der Waals surface area contributed by atoms with Crippen LogP contribution in [0.2, 0.25) is 0 Å². The molecule has 0 unspecified atom stereocenters. The fraction of sp³-hybridized carbons (Fsp3) is 0.0909. The lowest BCUT2D eigenvalue weighted by Gasteiger charge is -2.04. The van der Waals surface area contributed by atoms with E-state index in [1.54, 1.807) is 12.5 Å². The highest BCUT2D eigenvalue weighted by Gasteiger charge is 1.95. The topological polar surface area (TPSA) is 51.2 Å². The number of nitrogens with one attached hydrogen (secondary N) is 1. The van der Waals surface area contributed by atoms with E-state index >= 15 is 0 Å². The Hall–Kier alpha value is -1.61. The van der Waals surface area contributed by atoms with Gasteiger partial charge in [-0.05, 0) is 24.3 Å². The number of hydrogen-bond acceptors (Lipinski definition) is 3. The Kier molecular flexibility index (Phi) is 4.06. The molecule has 0 fully saturated rings. The van der Waals surface area contributed by atoms with Gasteiger partial charge in [-0.15, -0.1) is 12.4 Å². The Morgan fingerprint density at radius 1 is 1.27 bits per heavy atom. The van der Waals surface area contributed by atoms with Crippen LogP contribution in [0.15, 0.2) is 47.3 Å². The Morgan fingerprint density at radius 2 is 2.13 bits per heavy atom. The molecule has 0 aliphatic heterocycles. The molecule has 80 valence electrons. The average Bonchev–Trinajstić information content (AvgIpc) is 2.67. The maximum atomic E-state index is 5.65. The molecule has 0 atom stereocenters. The van der Waals surface area contributed by atoms with E-state index in [4.69, 9.17) is 10.2 Å². The van der Waals surface area contributed by atoms with Crippen molar-refractivity contribution in [2.75, 3.05) is 11.1 Å². The molecule has 15 heavy (non-hydrogen) atoms. The van der Waals surface area contributed by atoms with Crippen molar-refractivity contribution in [3.63, 3.8) is 0 Å². The van der Waals surface area contributed by atoms with Gasteiger partial charge in [-0.1, -0.05) is 6.07 Å². The lowest BCUT2D eigenvalue weighted by molar-refractivity contribution is 0.564. The van der Waals surface area contributed by atoms with E-state index in [2.05, 4.69) is 5.32 Å². The van der Waals surface area contributed by atoms with Crippen molar-refractivity contribution in [1.29, 1.82) is 0 Å². The van der Waals surface area contributed by atoms with E-state index in [9.17, 15) is 0 Å². The van der Waals surface area contributed by atoms with Gasteiger partial charge in [-0.25, -0.2) is 0 Å². The van der Waals surface area contributed by atoms with E-state index in [0.717, 1.165) is 23.5 Å². The maximum Gasteiger partial charge on any atom is 0.0952 e. The Balaban J connectivity index is 0.00000112. The van der Waals surface area contributed by atoms with Crippen LogP contribution in [0, 0.1) is 0 Å². The summed E-state index contributed by atoms with van der Waals surface area (Å²) in [5.41, 5.74) is 8.55. The second-order valence-corrected chi connectivity index (χ2v) is 3.11. The third kappa shape index (κ3) is 3.22. The average molecular weight is 225 g/mol. The Morgan fingerprint density at radius 3 is 2.80 bits per heavy atom. The zero-order valence-corrected chi connectivity index (χ0v) is 8.96. The number of furan rings is 1. The highest BCUT2D eigenvalue weighted by Crippen LogP contribution is 2.13. The fourth-order valence-electron chi connectivity index (χ4n) is 1.25. The van der Waals surface area contributed by atoms with E-state index in [0.29, 0.717) is 0 Å². The van der Waals surface area contributed by atoms with Crippen molar-refractivity contribution in [2.45, 2.75) is 6.54 Å². The minimum Gasteiger partial charge on any atom is -0.472 e. The SMILES string of the molecule is Cl.Nc1cccc(NCc2ccoc2)c1. The summed E-state index contributed by atoms with van der Waals surface area (Å²) >= 11 is 0. The molecule has 1 heterocycles. The first-order chi connectivity index (χ1) is 6.84. The number of anilines is 2. The first-order valence-electron chi connectivity index (χ1n) is 4.45. The summed E-state index contributed by atoms with van der Waals surface area (Å²) in [7, 11) is 0. The predicted molar refractivity (Wildman–Crippen MR) is 64.1 cm³/mol. The molecule has 3 N–H and O–H groups in total. The van der Waals surface area contributed by atoms with E-state index < -0.39 is 0 Å². The fourth-order valence-corrected chi connectivity index (χ4v) is 1.25. The van der Waals surface area contributed by atoms with Gasteiger partial charge in [0.1, 0.15) is 0 Å². The van der Waals surface area contributed by atoms with Crippen molar-refractivity contribution in [1.82, 2.24) is 0 Å². The highest BCUT2D eigenvalue weighted by atomic mass is 35.5. The van der Waals surface area contributed by atoms with Gasteiger partial charge in [0.05, 0.1) is 12.5 Å². The number of rotatable bonds is 3. The van der Waals surface area contributed by atoms with Crippen molar-refractivity contribution in [3.8, 4) is 0 Å². The molecule has 2 aromatic rings. The number of hydrogen-bond donors (Lipinski definition) is 2.